The number of hydrogen-bond acceptors (Lipinski definition) is 3. The summed E-state index contributed by atoms with van der Waals surface area (Å²) < 4.78 is 0. The van der Waals surface area contributed by atoms with E-state index in [0.717, 1.165) is 116 Å². The van der Waals surface area contributed by atoms with Gasteiger partial charge in [0.15, 0.2) is 0 Å². The van der Waals surface area contributed by atoms with Gasteiger partial charge in [0.25, 0.3) is 0 Å². The molecule has 12 aliphatic rings. The first-order chi connectivity index (χ1) is 25.8. The molecular formula is C49H77NS2. The minimum Gasteiger partial charge on any atom is -0.293 e. The molecule has 2 saturated heterocycles. The van der Waals surface area contributed by atoms with Gasteiger partial charge in [0, 0.05) is 39.1 Å². The molecule has 1 spiro atoms. The van der Waals surface area contributed by atoms with E-state index in [1.165, 1.54) is 25.7 Å². The lowest BCUT2D eigenvalue weighted by molar-refractivity contribution is -0.0633. The van der Waals surface area contributed by atoms with Crippen molar-refractivity contribution in [3.05, 3.63) is 0 Å². The first-order valence-corrected chi connectivity index (χ1v) is 26.8. The van der Waals surface area contributed by atoms with Gasteiger partial charge in [-0.1, -0.05) is 77.0 Å². The lowest BCUT2D eigenvalue weighted by Crippen LogP contribution is -2.58. The molecule has 0 radical (unpaired) electrons. The Bertz CT molecular complexity index is 1260. The third-order valence-electron chi connectivity index (χ3n) is 21.1. The van der Waals surface area contributed by atoms with Crippen molar-refractivity contribution in [1.29, 1.82) is 0 Å². The normalized spacial score (nSPS) is 56.9. The standard InChI is InChI=1S/C49H77NS2/c1-2-13-30(14-3-1)50(43-23-12-19-36-37-27-28-45-46(48(37)52-47(36)43)38-18-7-11-24-44(38)51-45)31-25-26-35-34-17-6-10-22-41(34)49(42(35)29-31)39-20-8-4-15-32(39)33-16-5-9-21-40(33)49/h30-48H,1-29H2. The Balaban J connectivity index is 0.892. The van der Waals surface area contributed by atoms with Crippen molar-refractivity contribution in [2.75, 3.05) is 0 Å². The average molecular weight is 744 g/mol. The smallest absolute Gasteiger partial charge is 0.0237 e. The molecule has 2 heterocycles. The minimum atomic E-state index is 0.765. The summed E-state index contributed by atoms with van der Waals surface area (Å²) in [4.78, 5) is 3.53. The fourth-order valence-electron chi connectivity index (χ4n) is 20.1. The highest BCUT2D eigenvalue weighted by molar-refractivity contribution is 8.02. The third-order valence-corrected chi connectivity index (χ3v) is 24.9. The molecule has 10 aliphatic carbocycles. The van der Waals surface area contributed by atoms with Gasteiger partial charge in [-0.15, -0.1) is 0 Å². The Hall–Kier alpha value is 0.660. The predicted molar refractivity (Wildman–Crippen MR) is 222 cm³/mol. The molecule has 290 valence electrons. The Kier molecular flexibility index (Phi) is 9.27. The van der Waals surface area contributed by atoms with Crippen LogP contribution in [0.1, 0.15) is 186 Å². The van der Waals surface area contributed by atoms with Gasteiger partial charge < -0.3 is 0 Å². The largest absolute Gasteiger partial charge is 0.293 e. The molecule has 10 saturated carbocycles. The van der Waals surface area contributed by atoms with Crippen LogP contribution in [0.5, 0.6) is 0 Å². The van der Waals surface area contributed by atoms with Crippen molar-refractivity contribution in [1.82, 2.24) is 4.90 Å². The first-order valence-electron chi connectivity index (χ1n) is 24.9. The topological polar surface area (TPSA) is 3.24 Å². The Morgan fingerprint density at radius 1 is 0.346 bits per heavy atom. The second kappa shape index (κ2) is 13.9. The maximum atomic E-state index is 3.53. The second-order valence-electron chi connectivity index (χ2n) is 22.3. The van der Waals surface area contributed by atoms with E-state index in [-0.39, 0.29) is 0 Å². The van der Waals surface area contributed by atoms with E-state index in [0.29, 0.717) is 0 Å². The number of rotatable bonds is 3. The summed E-state index contributed by atoms with van der Waals surface area (Å²) in [7, 11) is 0. The highest BCUT2D eigenvalue weighted by Gasteiger charge is 2.72. The molecule has 3 heteroatoms. The van der Waals surface area contributed by atoms with Crippen LogP contribution in [0.4, 0.5) is 0 Å². The van der Waals surface area contributed by atoms with E-state index >= 15 is 0 Å². The molecule has 0 N–H and O–H groups in total. The molecule has 0 amide bonds. The van der Waals surface area contributed by atoms with Crippen molar-refractivity contribution >= 4 is 23.5 Å². The highest BCUT2D eigenvalue weighted by atomic mass is 32.2. The minimum absolute atomic E-state index is 0.765. The van der Waals surface area contributed by atoms with Crippen LogP contribution < -0.4 is 0 Å². The molecule has 0 aromatic heterocycles. The highest BCUT2D eigenvalue weighted by Crippen LogP contribution is 2.78. The van der Waals surface area contributed by atoms with Gasteiger partial charge in [0.05, 0.1) is 0 Å². The predicted octanol–water partition coefficient (Wildman–Crippen LogP) is 13.2. The fourth-order valence-corrected chi connectivity index (χ4v) is 24.8. The van der Waals surface area contributed by atoms with Crippen molar-refractivity contribution in [2.45, 2.75) is 225 Å². The maximum Gasteiger partial charge on any atom is 0.0237 e. The Morgan fingerprint density at radius 2 is 0.904 bits per heavy atom. The maximum absolute atomic E-state index is 3.53. The quantitative estimate of drug-likeness (QED) is 0.283. The van der Waals surface area contributed by atoms with Crippen molar-refractivity contribution in [3.8, 4) is 0 Å². The summed E-state index contributed by atoms with van der Waals surface area (Å²) in [5, 5.41) is 4.09. The van der Waals surface area contributed by atoms with E-state index in [1.54, 1.807) is 161 Å². The van der Waals surface area contributed by atoms with Crippen LogP contribution in [0.3, 0.4) is 0 Å². The van der Waals surface area contributed by atoms with Crippen LogP contribution in [0.2, 0.25) is 0 Å². The van der Waals surface area contributed by atoms with Gasteiger partial charge in [0.2, 0.25) is 0 Å². The van der Waals surface area contributed by atoms with Crippen molar-refractivity contribution in [3.63, 3.8) is 0 Å². The van der Waals surface area contributed by atoms with Crippen LogP contribution in [-0.2, 0) is 0 Å². The number of nitrogens with zero attached hydrogens (tertiary/aromatic N) is 1. The SMILES string of the molecule is C1CCC(N(C2CCC3C4CCCCC4C4(C5CCCCC5C5CCCCC54)C3C2)C2CCCC3C4CCC5SC6CCCCC6C5C4SC32)CC1. The molecule has 1 nitrogen and oxygen atoms in total. The third kappa shape index (κ3) is 5.09. The monoisotopic (exact) mass is 744 g/mol. The molecule has 18 atom stereocenters. The summed E-state index contributed by atoms with van der Waals surface area (Å²) in [6.07, 6.45) is 46.1. The molecule has 2 aliphatic heterocycles. The summed E-state index contributed by atoms with van der Waals surface area (Å²) >= 11 is 5.24. The number of thioether (sulfide) groups is 2. The van der Waals surface area contributed by atoms with E-state index in [9.17, 15) is 0 Å². The van der Waals surface area contributed by atoms with Crippen LogP contribution in [-0.4, -0.2) is 44.0 Å². The van der Waals surface area contributed by atoms with Gasteiger partial charge >= 0.3 is 0 Å². The molecule has 18 unspecified atom stereocenters. The number of hydrogen-bond donors (Lipinski definition) is 0. The van der Waals surface area contributed by atoms with Crippen molar-refractivity contribution in [2.24, 2.45) is 76.4 Å². The molecule has 12 fully saturated rings. The van der Waals surface area contributed by atoms with Gasteiger partial charge in [-0.05, 0) is 186 Å². The summed E-state index contributed by atoms with van der Waals surface area (Å²) in [5.41, 5.74) is 0.765. The molecule has 52 heavy (non-hydrogen) atoms. The lowest BCUT2D eigenvalue weighted by Gasteiger charge is -2.55. The molecule has 0 bridgehead atoms. The molecular weight excluding hydrogens is 667 g/mol. The zero-order chi connectivity index (χ0) is 34.0. The van der Waals surface area contributed by atoms with Crippen LogP contribution in [0, 0.1) is 76.4 Å². The van der Waals surface area contributed by atoms with E-state index in [1.807, 2.05) is 0 Å². The van der Waals surface area contributed by atoms with E-state index in [4.69, 9.17) is 0 Å². The van der Waals surface area contributed by atoms with Gasteiger partial charge in [0.1, 0.15) is 0 Å². The summed E-state index contributed by atoms with van der Waals surface area (Å²) in [6.45, 7) is 0. The Morgan fingerprint density at radius 3 is 1.62 bits per heavy atom. The van der Waals surface area contributed by atoms with E-state index < -0.39 is 0 Å². The Labute approximate surface area is 328 Å². The summed E-state index contributed by atoms with van der Waals surface area (Å²) in [6, 6.07) is 2.77. The van der Waals surface area contributed by atoms with Gasteiger partial charge in [-0.25, -0.2) is 0 Å². The van der Waals surface area contributed by atoms with Crippen LogP contribution >= 0.6 is 23.5 Å². The molecule has 0 aromatic carbocycles. The van der Waals surface area contributed by atoms with Crippen molar-refractivity contribution < 1.29 is 0 Å². The van der Waals surface area contributed by atoms with Gasteiger partial charge in [-0.3, -0.25) is 4.90 Å². The zero-order valence-electron chi connectivity index (χ0n) is 33.2. The molecule has 12 rings (SSSR count). The second-order valence-corrected chi connectivity index (χ2v) is 25.2. The van der Waals surface area contributed by atoms with E-state index in [2.05, 4.69) is 28.4 Å². The van der Waals surface area contributed by atoms with Crippen LogP contribution in [0.15, 0.2) is 0 Å². The van der Waals surface area contributed by atoms with Gasteiger partial charge in [-0.2, -0.15) is 23.5 Å². The molecule has 0 aromatic rings. The fraction of sp³-hybridized carbons (Fsp3) is 1.00. The lowest BCUT2D eigenvalue weighted by atomic mass is 9.52. The zero-order valence-corrected chi connectivity index (χ0v) is 34.9. The number of fused-ring (bicyclic) bond motifs is 17. The summed E-state index contributed by atoms with van der Waals surface area (Å²) in [5.74, 6) is 13.3. The average Bonchev–Trinajstić information content (AvgIpc) is 3.94. The van der Waals surface area contributed by atoms with Crippen LogP contribution in [0.25, 0.3) is 0 Å². The first kappa shape index (κ1) is 34.7.